The van der Waals surface area contributed by atoms with E-state index in [4.69, 9.17) is 15.2 Å². The van der Waals surface area contributed by atoms with Gasteiger partial charge in [-0.15, -0.1) is 0 Å². The molecule has 0 amide bonds. The van der Waals surface area contributed by atoms with Crippen molar-refractivity contribution in [3.8, 4) is 23.0 Å². The van der Waals surface area contributed by atoms with Gasteiger partial charge in [0, 0.05) is 18.3 Å². The molecule has 110 valence electrons. The number of nitrogens with one attached hydrogen (secondary N) is 2. The Kier molecular flexibility index (Phi) is 3.39. The van der Waals surface area contributed by atoms with E-state index in [9.17, 15) is 0 Å². The summed E-state index contributed by atoms with van der Waals surface area (Å²) in [6, 6.07) is 3.73. The number of fused-ring (bicyclic) bond motifs is 1. The molecule has 21 heavy (non-hydrogen) atoms. The van der Waals surface area contributed by atoms with Gasteiger partial charge in [-0.1, -0.05) is 0 Å². The van der Waals surface area contributed by atoms with E-state index < -0.39 is 0 Å². The normalized spacial score (nSPS) is 11.0. The number of aromatic amines is 2. The summed E-state index contributed by atoms with van der Waals surface area (Å²) in [7, 11) is 0. The third-order valence-corrected chi connectivity index (χ3v) is 3.04. The summed E-state index contributed by atoms with van der Waals surface area (Å²) in [5.41, 5.74) is 8.61. The zero-order valence-electron chi connectivity index (χ0n) is 11.9. The SMILES string of the molecule is CCOc1cc2nc(-c3n[nH]cc3N)[nH]c2cc1OCC. The lowest BCUT2D eigenvalue weighted by atomic mass is 10.2. The second-order valence-electron chi connectivity index (χ2n) is 4.46. The molecular weight excluding hydrogens is 270 g/mol. The summed E-state index contributed by atoms with van der Waals surface area (Å²) in [6.45, 7) is 5.00. The van der Waals surface area contributed by atoms with Gasteiger partial charge in [0.25, 0.3) is 0 Å². The van der Waals surface area contributed by atoms with Crippen LogP contribution in [0.4, 0.5) is 5.69 Å². The molecule has 3 rings (SSSR count). The van der Waals surface area contributed by atoms with Gasteiger partial charge in [0.1, 0.15) is 0 Å². The Balaban J connectivity index is 2.10. The van der Waals surface area contributed by atoms with E-state index in [0.717, 1.165) is 11.0 Å². The minimum Gasteiger partial charge on any atom is -0.490 e. The average Bonchev–Trinajstić information content (AvgIpc) is 3.05. The third kappa shape index (κ3) is 2.37. The lowest BCUT2D eigenvalue weighted by molar-refractivity contribution is 0.288. The Morgan fingerprint density at radius 3 is 2.48 bits per heavy atom. The molecule has 3 aromatic rings. The highest BCUT2D eigenvalue weighted by molar-refractivity contribution is 5.84. The zero-order chi connectivity index (χ0) is 14.8. The van der Waals surface area contributed by atoms with Crippen LogP contribution in [0.2, 0.25) is 0 Å². The number of benzene rings is 1. The zero-order valence-corrected chi connectivity index (χ0v) is 11.9. The fourth-order valence-electron chi connectivity index (χ4n) is 2.16. The average molecular weight is 287 g/mol. The van der Waals surface area contributed by atoms with Crippen molar-refractivity contribution in [2.45, 2.75) is 13.8 Å². The molecule has 4 N–H and O–H groups in total. The maximum atomic E-state index is 5.85. The Morgan fingerprint density at radius 1 is 1.14 bits per heavy atom. The van der Waals surface area contributed by atoms with Gasteiger partial charge < -0.3 is 20.2 Å². The fourth-order valence-corrected chi connectivity index (χ4v) is 2.16. The van der Waals surface area contributed by atoms with Crippen LogP contribution in [0.15, 0.2) is 18.3 Å². The summed E-state index contributed by atoms with van der Waals surface area (Å²) in [5, 5.41) is 6.81. The first kappa shape index (κ1) is 13.3. The van der Waals surface area contributed by atoms with Crippen LogP contribution in [0.5, 0.6) is 11.5 Å². The van der Waals surface area contributed by atoms with Crippen LogP contribution in [0.1, 0.15) is 13.8 Å². The lowest BCUT2D eigenvalue weighted by Crippen LogP contribution is -1.98. The molecule has 0 bridgehead atoms. The molecule has 2 aromatic heterocycles. The van der Waals surface area contributed by atoms with Gasteiger partial charge in [-0.05, 0) is 13.8 Å². The summed E-state index contributed by atoms with van der Waals surface area (Å²) in [4.78, 5) is 7.70. The van der Waals surface area contributed by atoms with Gasteiger partial charge in [-0.25, -0.2) is 4.98 Å². The molecule has 7 nitrogen and oxygen atoms in total. The summed E-state index contributed by atoms with van der Waals surface area (Å²) >= 11 is 0. The molecule has 0 fully saturated rings. The maximum absolute atomic E-state index is 5.85. The van der Waals surface area contributed by atoms with Crippen molar-refractivity contribution >= 4 is 16.7 Å². The van der Waals surface area contributed by atoms with E-state index in [1.165, 1.54) is 0 Å². The van der Waals surface area contributed by atoms with Crippen LogP contribution in [0.3, 0.4) is 0 Å². The number of anilines is 1. The highest BCUT2D eigenvalue weighted by Crippen LogP contribution is 2.33. The van der Waals surface area contributed by atoms with Crippen molar-refractivity contribution < 1.29 is 9.47 Å². The van der Waals surface area contributed by atoms with E-state index >= 15 is 0 Å². The van der Waals surface area contributed by atoms with Crippen LogP contribution >= 0.6 is 0 Å². The Morgan fingerprint density at radius 2 is 1.86 bits per heavy atom. The van der Waals surface area contributed by atoms with Gasteiger partial charge in [0.05, 0.1) is 29.9 Å². The molecular formula is C14H17N5O2. The number of rotatable bonds is 5. The molecule has 0 radical (unpaired) electrons. The van der Waals surface area contributed by atoms with Crippen molar-refractivity contribution in [3.05, 3.63) is 18.3 Å². The second-order valence-corrected chi connectivity index (χ2v) is 4.46. The molecule has 0 aliphatic heterocycles. The molecule has 0 saturated heterocycles. The Hall–Kier alpha value is -2.70. The summed E-state index contributed by atoms with van der Waals surface area (Å²) in [5.74, 6) is 1.98. The topological polar surface area (TPSA) is 102 Å². The predicted octanol–water partition coefficient (Wildman–Crippen LogP) is 2.33. The molecule has 0 spiro atoms. The first-order valence-electron chi connectivity index (χ1n) is 6.81. The number of nitrogens with zero attached hydrogens (tertiary/aromatic N) is 2. The van der Waals surface area contributed by atoms with Crippen molar-refractivity contribution in [3.63, 3.8) is 0 Å². The molecule has 2 heterocycles. The van der Waals surface area contributed by atoms with E-state index in [1.54, 1.807) is 6.20 Å². The number of aromatic nitrogens is 4. The van der Waals surface area contributed by atoms with Gasteiger partial charge in [0.15, 0.2) is 23.0 Å². The Labute approximate surface area is 121 Å². The first-order chi connectivity index (χ1) is 10.2. The van der Waals surface area contributed by atoms with Gasteiger partial charge in [-0.3, -0.25) is 5.10 Å². The minimum absolute atomic E-state index is 0.545. The number of nitrogen functional groups attached to an aromatic ring is 1. The van der Waals surface area contributed by atoms with E-state index in [2.05, 4.69) is 20.2 Å². The molecule has 0 saturated carbocycles. The summed E-state index contributed by atoms with van der Waals surface area (Å²) < 4.78 is 11.2. The molecule has 0 unspecified atom stereocenters. The predicted molar refractivity (Wildman–Crippen MR) is 80.4 cm³/mol. The number of ether oxygens (including phenoxy) is 2. The highest BCUT2D eigenvalue weighted by Gasteiger charge is 2.14. The Bertz CT molecular complexity index is 719. The molecule has 0 aliphatic carbocycles. The third-order valence-electron chi connectivity index (χ3n) is 3.04. The lowest BCUT2D eigenvalue weighted by Gasteiger charge is -2.10. The van der Waals surface area contributed by atoms with Crippen molar-refractivity contribution in [2.75, 3.05) is 18.9 Å². The van der Waals surface area contributed by atoms with Crippen molar-refractivity contribution in [2.24, 2.45) is 0 Å². The van der Waals surface area contributed by atoms with Crippen molar-refractivity contribution in [1.29, 1.82) is 0 Å². The van der Waals surface area contributed by atoms with Crippen LogP contribution in [-0.4, -0.2) is 33.4 Å². The van der Waals surface area contributed by atoms with Gasteiger partial charge >= 0.3 is 0 Å². The minimum atomic E-state index is 0.545. The number of imidazole rings is 1. The second kappa shape index (κ2) is 5.35. The first-order valence-corrected chi connectivity index (χ1v) is 6.81. The molecule has 7 heteroatoms. The van der Waals surface area contributed by atoms with E-state index in [1.807, 2.05) is 26.0 Å². The summed E-state index contributed by atoms with van der Waals surface area (Å²) in [6.07, 6.45) is 1.62. The van der Waals surface area contributed by atoms with Crippen LogP contribution in [0.25, 0.3) is 22.6 Å². The fraction of sp³-hybridized carbons (Fsp3) is 0.286. The van der Waals surface area contributed by atoms with Crippen LogP contribution < -0.4 is 15.2 Å². The van der Waals surface area contributed by atoms with E-state index in [-0.39, 0.29) is 0 Å². The smallest absolute Gasteiger partial charge is 0.163 e. The number of nitrogens with two attached hydrogens (primary N) is 1. The van der Waals surface area contributed by atoms with Crippen molar-refractivity contribution in [1.82, 2.24) is 20.2 Å². The number of hydrogen-bond acceptors (Lipinski definition) is 5. The molecule has 0 atom stereocenters. The maximum Gasteiger partial charge on any atom is 0.163 e. The largest absolute Gasteiger partial charge is 0.490 e. The van der Waals surface area contributed by atoms with Gasteiger partial charge in [0.2, 0.25) is 0 Å². The van der Waals surface area contributed by atoms with Gasteiger partial charge in [-0.2, -0.15) is 5.10 Å². The molecule has 1 aromatic carbocycles. The monoisotopic (exact) mass is 287 g/mol. The van der Waals surface area contributed by atoms with Crippen LogP contribution in [0, 0.1) is 0 Å². The standard InChI is InChI=1S/C14H17N5O2/c1-3-20-11-5-9-10(6-12(11)21-4-2)18-14(17-9)13-8(15)7-16-19-13/h5-7H,3-4,15H2,1-2H3,(H,16,19)(H,17,18). The quantitative estimate of drug-likeness (QED) is 0.668. The van der Waals surface area contributed by atoms with E-state index in [0.29, 0.717) is 41.9 Å². The number of hydrogen-bond donors (Lipinski definition) is 3. The highest BCUT2D eigenvalue weighted by atomic mass is 16.5. The van der Waals surface area contributed by atoms with Crippen LogP contribution in [-0.2, 0) is 0 Å². The number of H-pyrrole nitrogens is 2. The molecule has 0 aliphatic rings.